The van der Waals surface area contributed by atoms with Gasteiger partial charge in [-0.1, -0.05) is 35.9 Å². The molecule has 1 atom stereocenters. The van der Waals surface area contributed by atoms with Gasteiger partial charge in [0.1, 0.15) is 17.1 Å². The van der Waals surface area contributed by atoms with Gasteiger partial charge in [0, 0.05) is 43.4 Å². The maximum atomic E-state index is 13.6. The number of anilines is 1. The molecule has 3 aromatic carbocycles. The van der Waals surface area contributed by atoms with Crippen LogP contribution in [-0.4, -0.2) is 67.0 Å². The second kappa shape index (κ2) is 12.5. The highest BCUT2D eigenvalue weighted by molar-refractivity contribution is 6.36. The topological polar surface area (TPSA) is 141 Å². The lowest BCUT2D eigenvalue weighted by Gasteiger charge is -2.38. The third kappa shape index (κ3) is 5.65. The number of aliphatic carboxylic acids is 1. The number of nitrogens with zero attached hydrogens (tertiary/aromatic N) is 6. The summed E-state index contributed by atoms with van der Waals surface area (Å²) in [4.78, 5) is 39.1. The Kier molecular flexibility index (Phi) is 8.27. The number of imidazole rings is 1. The van der Waals surface area contributed by atoms with E-state index in [1.807, 2.05) is 49.4 Å². The molecule has 0 aliphatic carbocycles. The van der Waals surface area contributed by atoms with Gasteiger partial charge in [0.05, 0.1) is 22.0 Å². The number of carbonyl (C=O) groups excluding carboxylic acids is 1. The van der Waals surface area contributed by atoms with Crippen molar-refractivity contribution in [3.8, 4) is 28.7 Å². The number of rotatable bonds is 7. The van der Waals surface area contributed by atoms with Crippen LogP contribution < -0.4 is 5.32 Å². The molecule has 0 radical (unpaired) electrons. The van der Waals surface area contributed by atoms with Crippen LogP contribution in [0.25, 0.3) is 33.7 Å². The Bertz CT molecular complexity index is 2190. The van der Waals surface area contributed by atoms with Gasteiger partial charge in [-0.25, -0.2) is 9.97 Å². The second-order valence-electron chi connectivity index (χ2n) is 13.2. The summed E-state index contributed by atoms with van der Waals surface area (Å²) in [7, 11) is 3.47. The molecule has 12 heteroatoms. The fraction of sp³-hybridized carbons (Fsp3) is 0.324. The quantitative estimate of drug-likeness (QED) is 0.200. The molecular weight excluding hydrogens is 642 g/mol. The average molecular weight is 678 g/mol. The van der Waals surface area contributed by atoms with E-state index in [-0.39, 0.29) is 12.2 Å². The third-order valence-corrected chi connectivity index (χ3v) is 10.5. The maximum absolute atomic E-state index is 13.6. The normalized spacial score (nSPS) is 18.0. The summed E-state index contributed by atoms with van der Waals surface area (Å²) in [6.07, 6.45) is 2.60. The summed E-state index contributed by atoms with van der Waals surface area (Å²) < 4.78 is 7.89. The Balaban J connectivity index is 1.18. The zero-order valence-corrected chi connectivity index (χ0v) is 28.6. The van der Waals surface area contributed by atoms with Crippen molar-refractivity contribution in [1.29, 1.82) is 5.26 Å². The van der Waals surface area contributed by atoms with Crippen LogP contribution in [0.2, 0.25) is 5.02 Å². The molecule has 0 bridgehead atoms. The number of benzene rings is 3. The maximum Gasteiger partial charge on any atom is 0.324 e. The van der Waals surface area contributed by atoms with Gasteiger partial charge < -0.3 is 19.4 Å². The Morgan fingerprint density at radius 2 is 1.80 bits per heavy atom. The van der Waals surface area contributed by atoms with E-state index in [1.165, 1.54) is 12.8 Å². The fourth-order valence-electron chi connectivity index (χ4n) is 6.99. The van der Waals surface area contributed by atoms with Gasteiger partial charge >= 0.3 is 5.97 Å². The largest absolute Gasteiger partial charge is 0.480 e. The lowest BCUT2D eigenvalue weighted by atomic mass is 9.89. The summed E-state index contributed by atoms with van der Waals surface area (Å²) in [6, 6.07) is 17.4. The average Bonchev–Trinajstić information content (AvgIpc) is 3.82. The van der Waals surface area contributed by atoms with Gasteiger partial charge in [-0.3, -0.25) is 19.4 Å². The molecule has 2 N–H and O–H groups in total. The highest BCUT2D eigenvalue weighted by atomic mass is 35.5. The molecule has 7 rings (SSSR count). The number of oxazole rings is 1. The number of carboxylic acids is 1. The number of halogens is 1. The van der Waals surface area contributed by atoms with E-state index in [4.69, 9.17) is 21.0 Å². The highest BCUT2D eigenvalue weighted by Gasteiger charge is 2.44. The van der Waals surface area contributed by atoms with Crippen molar-refractivity contribution in [2.75, 3.05) is 25.5 Å². The van der Waals surface area contributed by atoms with E-state index >= 15 is 0 Å². The Hall–Kier alpha value is -5.02. The minimum Gasteiger partial charge on any atom is -0.480 e. The standard InChI is InChI=1S/C37H36ClN7O4/c1-21-24(9-7-10-25(21)35-42-28-16-22(19-45-13-5-6-14-45)15-23(18-39)32(28)49-35)26-11-8-12-27(31(26)38)41-34(46)33-40-29-20-43(3)37(2,36(47)48)17-30(29)44(33)4/h7-12,15-16H,5-6,13-14,17,19-20H2,1-4H3,(H,41,46)(H,47,48). The molecule has 2 aliphatic heterocycles. The number of hydrogen-bond donors (Lipinski definition) is 2. The van der Waals surface area contributed by atoms with Gasteiger partial charge in [-0.2, -0.15) is 5.26 Å². The number of carbonyl (C=O) groups is 2. The van der Waals surface area contributed by atoms with E-state index < -0.39 is 17.4 Å². The molecule has 2 aromatic heterocycles. The van der Waals surface area contributed by atoms with Gasteiger partial charge in [-0.05, 0) is 87.8 Å². The first-order valence-electron chi connectivity index (χ1n) is 16.2. The smallest absolute Gasteiger partial charge is 0.324 e. The van der Waals surface area contributed by atoms with Crippen LogP contribution in [0.3, 0.4) is 0 Å². The number of hydrogen-bond acceptors (Lipinski definition) is 8. The van der Waals surface area contributed by atoms with Crippen LogP contribution in [0.4, 0.5) is 5.69 Å². The molecule has 11 nitrogen and oxygen atoms in total. The monoisotopic (exact) mass is 677 g/mol. The summed E-state index contributed by atoms with van der Waals surface area (Å²) in [5, 5.41) is 23.1. The molecule has 1 unspecified atom stereocenters. The lowest BCUT2D eigenvalue weighted by molar-refractivity contribution is -0.150. The number of fused-ring (bicyclic) bond motifs is 2. The molecule has 1 fully saturated rings. The molecule has 49 heavy (non-hydrogen) atoms. The molecule has 1 amide bonds. The van der Waals surface area contributed by atoms with Crippen LogP contribution in [0.1, 0.15) is 58.5 Å². The van der Waals surface area contributed by atoms with Gasteiger partial charge in [0.2, 0.25) is 5.89 Å². The van der Waals surface area contributed by atoms with Gasteiger partial charge in [0.25, 0.3) is 5.91 Å². The van der Waals surface area contributed by atoms with Crippen molar-refractivity contribution in [2.24, 2.45) is 7.05 Å². The van der Waals surface area contributed by atoms with Crippen LogP contribution in [0, 0.1) is 18.3 Å². The van der Waals surface area contributed by atoms with E-state index in [0.29, 0.717) is 56.8 Å². The lowest BCUT2D eigenvalue weighted by Crippen LogP contribution is -2.54. The first kappa shape index (κ1) is 32.5. The number of nitrogens with one attached hydrogen (secondary N) is 1. The van der Waals surface area contributed by atoms with E-state index in [0.717, 1.165) is 41.9 Å². The Labute approximate surface area is 288 Å². The summed E-state index contributed by atoms with van der Waals surface area (Å²) >= 11 is 6.98. The highest BCUT2D eigenvalue weighted by Crippen LogP contribution is 2.39. The van der Waals surface area contributed by atoms with Crippen molar-refractivity contribution >= 4 is 40.3 Å². The zero-order chi connectivity index (χ0) is 34.6. The fourth-order valence-corrected chi connectivity index (χ4v) is 7.27. The minimum absolute atomic E-state index is 0.170. The SMILES string of the molecule is Cc1c(-c2nc3cc(CN4CCCC4)cc(C#N)c3o2)cccc1-c1cccc(NC(=O)c2nc3c(n2C)CC(C)(C(=O)O)N(C)C3)c1Cl. The summed E-state index contributed by atoms with van der Waals surface area (Å²) in [5.41, 5.74) is 6.47. The van der Waals surface area contributed by atoms with Gasteiger partial charge in [0.15, 0.2) is 11.4 Å². The van der Waals surface area contributed by atoms with E-state index in [1.54, 1.807) is 36.6 Å². The molecular formula is C37H36ClN7O4. The summed E-state index contributed by atoms with van der Waals surface area (Å²) in [6.45, 7) is 6.83. The third-order valence-electron chi connectivity index (χ3n) is 10.1. The Morgan fingerprint density at radius 1 is 1.08 bits per heavy atom. The number of likely N-dealkylation sites (N-methyl/N-ethyl adjacent to an activating group) is 1. The predicted octanol–water partition coefficient (Wildman–Crippen LogP) is 6.41. The number of likely N-dealkylation sites (tertiary alicyclic amines) is 1. The Morgan fingerprint density at radius 3 is 2.53 bits per heavy atom. The second-order valence-corrected chi connectivity index (χ2v) is 13.6. The number of nitriles is 1. The van der Waals surface area contributed by atoms with Gasteiger partial charge in [-0.15, -0.1) is 0 Å². The first-order valence-corrected chi connectivity index (χ1v) is 16.6. The number of amides is 1. The van der Waals surface area contributed by atoms with Crippen molar-refractivity contribution in [2.45, 2.75) is 51.7 Å². The number of carboxylic acid groups (broad SMARTS) is 1. The molecule has 5 aromatic rings. The predicted molar refractivity (Wildman–Crippen MR) is 186 cm³/mol. The number of aromatic nitrogens is 3. The van der Waals surface area contributed by atoms with Crippen molar-refractivity contribution in [1.82, 2.24) is 24.3 Å². The molecule has 2 aliphatic rings. The first-order chi connectivity index (χ1) is 23.5. The molecule has 250 valence electrons. The van der Waals surface area contributed by atoms with Crippen molar-refractivity contribution < 1.29 is 19.1 Å². The molecule has 0 spiro atoms. The van der Waals surface area contributed by atoms with Crippen LogP contribution >= 0.6 is 11.6 Å². The van der Waals surface area contributed by atoms with Crippen LogP contribution in [-0.2, 0) is 31.4 Å². The van der Waals surface area contributed by atoms with Crippen LogP contribution in [0.15, 0.2) is 52.9 Å². The van der Waals surface area contributed by atoms with E-state index in [9.17, 15) is 20.0 Å². The van der Waals surface area contributed by atoms with E-state index in [2.05, 4.69) is 21.3 Å². The molecule has 0 saturated carbocycles. The van der Waals surface area contributed by atoms with Crippen molar-refractivity contribution in [3.05, 3.63) is 87.5 Å². The minimum atomic E-state index is -1.11. The molecule has 4 heterocycles. The van der Waals surface area contributed by atoms with Crippen LogP contribution in [0.5, 0.6) is 0 Å². The zero-order valence-electron chi connectivity index (χ0n) is 27.8. The molecule has 1 saturated heterocycles. The summed E-state index contributed by atoms with van der Waals surface area (Å²) in [5.74, 6) is -0.803. The van der Waals surface area contributed by atoms with Crippen molar-refractivity contribution in [3.63, 3.8) is 0 Å².